The van der Waals surface area contributed by atoms with Gasteiger partial charge in [-0.3, -0.25) is 4.79 Å². The molecule has 2 N–H and O–H groups in total. The van der Waals surface area contributed by atoms with Crippen molar-refractivity contribution in [3.63, 3.8) is 0 Å². The molecule has 0 spiro atoms. The van der Waals surface area contributed by atoms with Crippen LogP contribution in [-0.2, 0) is 5.60 Å². The molecule has 1 aromatic carbocycles. The normalized spacial score (nSPS) is 20.2. The lowest BCUT2D eigenvalue weighted by atomic mass is 10.00. The SMILES string of the molecule is Cc1cc(C(=O)N2CCC(O)(c3cn[nH]n3)C2)nn1-c1ccccc1. The lowest BCUT2D eigenvalue weighted by Gasteiger charge is -2.20. The first kappa shape index (κ1) is 15.5. The molecule has 3 heterocycles. The number of rotatable bonds is 3. The summed E-state index contributed by atoms with van der Waals surface area (Å²) in [6, 6.07) is 11.4. The summed E-state index contributed by atoms with van der Waals surface area (Å²) < 4.78 is 1.74. The maximum Gasteiger partial charge on any atom is 0.274 e. The van der Waals surface area contributed by atoms with E-state index in [4.69, 9.17) is 0 Å². The second-order valence-corrected chi connectivity index (χ2v) is 6.28. The van der Waals surface area contributed by atoms with E-state index in [-0.39, 0.29) is 12.5 Å². The Morgan fingerprint density at radius 2 is 2.12 bits per heavy atom. The molecule has 0 saturated carbocycles. The van der Waals surface area contributed by atoms with Crippen LogP contribution in [0.4, 0.5) is 0 Å². The molecule has 1 unspecified atom stereocenters. The van der Waals surface area contributed by atoms with Crippen LogP contribution in [0.2, 0.25) is 0 Å². The fourth-order valence-corrected chi connectivity index (χ4v) is 3.17. The highest BCUT2D eigenvalue weighted by atomic mass is 16.3. The molecule has 0 bridgehead atoms. The minimum Gasteiger partial charge on any atom is -0.381 e. The predicted octanol–water partition coefficient (Wildman–Crippen LogP) is 1.03. The van der Waals surface area contributed by atoms with E-state index in [1.165, 1.54) is 6.20 Å². The van der Waals surface area contributed by atoms with Gasteiger partial charge in [-0.2, -0.15) is 20.5 Å². The summed E-state index contributed by atoms with van der Waals surface area (Å²) in [5, 5.41) is 25.3. The molecule has 3 aromatic rings. The first-order chi connectivity index (χ1) is 12.1. The summed E-state index contributed by atoms with van der Waals surface area (Å²) in [7, 11) is 0. The molecule has 25 heavy (non-hydrogen) atoms. The minimum atomic E-state index is -1.17. The fraction of sp³-hybridized carbons (Fsp3) is 0.294. The molecular formula is C17H18N6O2. The van der Waals surface area contributed by atoms with E-state index in [1.54, 1.807) is 15.6 Å². The quantitative estimate of drug-likeness (QED) is 0.743. The van der Waals surface area contributed by atoms with Gasteiger partial charge in [0.15, 0.2) is 5.69 Å². The first-order valence-electron chi connectivity index (χ1n) is 8.07. The van der Waals surface area contributed by atoms with Crippen molar-refractivity contribution in [2.24, 2.45) is 0 Å². The molecule has 1 amide bonds. The Labute approximate surface area is 144 Å². The zero-order valence-corrected chi connectivity index (χ0v) is 13.8. The number of nitrogens with zero attached hydrogens (tertiary/aromatic N) is 5. The second-order valence-electron chi connectivity index (χ2n) is 6.28. The molecule has 1 aliphatic rings. The van der Waals surface area contributed by atoms with Crippen molar-refractivity contribution < 1.29 is 9.90 Å². The van der Waals surface area contributed by atoms with Crippen molar-refractivity contribution in [2.75, 3.05) is 13.1 Å². The van der Waals surface area contributed by atoms with E-state index in [9.17, 15) is 9.90 Å². The van der Waals surface area contributed by atoms with Gasteiger partial charge < -0.3 is 10.0 Å². The number of likely N-dealkylation sites (tertiary alicyclic amines) is 1. The number of aryl methyl sites for hydroxylation is 1. The standard InChI is InChI=1S/C17H18N6O2/c1-12-9-14(20-23(12)13-5-3-2-4-6-13)16(24)22-8-7-17(25,11-22)15-10-18-21-19-15/h2-6,9-10,25H,7-8,11H2,1H3,(H,18,19,21). The number of H-pyrrole nitrogens is 1. The van der Waals surface area contributed by atoms with Gasteiger partial charge in [0, 0.05) is 18.7 Å². The van der Waals surface area contributed by atoms with Crippen LogP contribution in [0.3, 0.4) is 0 Å². The maximum absolute atomic E-state index is 12.8. The second kappa shape index (κ2) is 5.82. The Morgan fingerprint density at radius 1 is 1.32 bits per heavy atom. The molecule has 1 fully saturated rings. The third kappa shape index (κ3) is 2.70. The van der Waals surface area contributed by atoms with Crippen molar-refractivity contribution >= 4 is 5.91 Å². The number of aliphatic hydroxyl groups is 1. The van der Waals surface area contributed by atoms with Gasteiger partial charge in [-0.05, 0) is 25.1 Å². The third-order valence-electron chi connectivity index (χ3n) is 4.53. The van der Waals surface area contributed by atoms with Crippen molar-refractivity contribution in [2.45, 2.75) is 18.9 Å². The average Bonchev–Trinajstić information content (AvgIpc) is 3.35. The molecular weight excluding hydrogens is 320 g/mol. The number of aromatic amines is 1. The monoisotopic (exact) mass is 338 g/mol. The van der Waals surface area contributed by atoms with E-state index in [1.807, 2.05) is 37.3 Å². The zero-order valence-electron chi connectivity index (χ0n) is 13.8. The van der Waals surface area contributed by atoms with Gasteiger partial charge in [0.2, 0.25) is 0 Å². The van der Waals surface area contributed by atoms with E-state index in [0.29, 0.717) is 24.4 Å². The number of β-amino-alcohol motifs (C(OH)–C–C–N with tert-alkyl or cyclic N) is 1. The molecule has 0 radical (unpaired) electrons. The third-order valence-corrected chi connectivity index (χ3v) is 4.53. The number of aromatic nitrogens is 5. The van der Waals surface area contributed by atoms with Crippen LogP contribution < -0.4 is 0 Å². The zero-order chi connectivity index (χ0) is 17.4. The molecule has 1 aliphatic heterocycles. The number of nitrogens with one attached hydrogen (secondary N) is 1. The van der Waals surface area contributed by atoms with Crippen LogP contribution in [0.5, 0.6) is 0 Å². The van der Waals surface area contributed by atoms with Crippen molar-refractivity contribution in [3.8, 4) is 5.69 Å². The van der Waals surface area contributed by atoms with Crippen LogP contribution in [0.15, 0.2) is 42.6 Å². The summed E-state index contributed by atoms with van der Waals surface area (Å²) >= 11 is 0. The smallest absolute Gasteiger partial charge is 0.274 e. The highest BCUT2D eigenvalue weighted by Gasteiger charge is 2.42. The highest BCUT2D eigenvalue weighted by molar-refractivity contribution is 5.92. The molecule has 8 nitrogen and oxygen atoms in total. The summed E-state index contributed by atoms with van der Waals surface area (Å²) in [6.07, 6.45) is 1.91. The van der Waals surface area contributed by atoms with Gasteiger partial charge in [0.25, 0.3) is 5.91 Å². The van der Waals surface area contributed by atoms with Gasteiger partial charge in [0.05, 0.1) is 18.4 Å². The van der Waals surface area contributed by atoms with E-state index in [0.717, 1.165) is 11.4 Å². The molecule has 1 atom stereocenters. The lowest BCUT2D eigenvalue weighted by Crippen LogP contribution is -2.35. The van der Waals surface area contributed by atoms with Crippen LogP contribution in [-0.4, -0.2) is 54.2 Å². The van der Waals surface area contributed by atoms with Gasteiger partial charge in [-0.25, -0.2) is 4.68 Å². The molecule has 0 aliphatic carbocycles. The topological polar surface area (TPSA) is 99.9 Å². The number of hydrogen-bond donors (Lipinski definition) is 2. The summed E-state index contributed by atoms with van der Waals surface area (Å²) in [6.45, 7) is 2.53. The molecule has 1 saturated heterocycles. The highest BCUT2D eigenvalue weighted by Crippen LogP contribution is 2.31. The Morgan fingerprint density at radius 3 is 2.84 bits per heavy atom. The van der Waals surface area contributed by atoms with Crippen LogP contribution in [0.25, 0.3) is 5.69 Å². The number of amides is 1. The molecule has 128 valence electrons. The maximum atomic E-state index is 12.8. The largest absolute Gasteiger partial charge is 0.381 e. The number of benzene rings is 1. The minimum absolute atomic E-state index is 0.176. The Balaban J connectivity index is 1.57. The predicted molar refractivity (Wildman–Crippen MR) is 89.1 cm³/mol. The van der Waals surface area contributed by atoms with Crippen molar-refractivity contribution in [1.82, 2.24) is 30.1 Å². The van der Waals surface area contributed by atoms with Gasteiger partial charge in [-0.1, -0.05) is 18.2 Å². The van der Waals surface area contributed by atoms with Crippen LogP contribution >= 0.6 is 0 Å². The Hall–Kier alpha value is -3.00. The van der Waals surface area contributed by atoms with Crippen molar-refractivity contribution in [3.05, 3.63) is 59.7 Å². The lowest BCUT2D eigenvalue weighted by molar-refractivity contribution is 0.0380. The van der Waals surface area contributed by atoms with E-state index in [2.05, 4.69) is 20.5 Å². The summed E-state index contributed by atoms with van der Waals surface area (Å²) in [5.41, 5.74) is 1.43. The first-order valence-corrected chi connectivity index (χ1v) is 8.07. The molecule has 4 rings (SSSR count). The molecule has 2 aromatic heterocycles. The number of para-hydroxylation sites is 1. The van der Waals surface area contributed by atoms with Crippen LogP contribution in [0.1, 0.15) is 28.3 Å². The summed E-state index contributed by atoms with van der Waals surface area (Å²) in [5.74, 6) is -0.197. The van der Waals surface area contributed by atoms with Gasteiger partial charge >= 0.3 is 0 Å². The van der Waals surface area contributed by atoms with Crippen LogP contribution in [0, 0.1) is 6.92 Å². The Kier molecular flexibility index (Phi) is 3.61. The molecule has 8 heteroatoms. The number of carbonyl (C=O) groups is 1. The Bertz CT molecular complexity index is 889. The van der Waals surface area contributed by atoms with E-state index < -0.39 is 5.60 Å². The average molecular weight is 338 g/mol. The van der Waals surface area contributed by atoms with Crippen molar-refractivity contribution in [1.29, 1.82) is 0 Å². The fourth-order valence-electron chi connectivity index (χ4n) is 3.17. The summed E-state index contributed by atoms with van der Waals surface area (Å²) in [4.78, 5) is 14.4. The van der Waals surface area contributed by atoms with E-state index >= 15 is 0 Å². The number of hydrogen-bond acceptors (Lipinski definition) is 5. The van der Waals surface area contributed by atoms with Gasteiger partial charge in [-0.15, -0.1) is 0 Å². The number of carbonyl (C=O) groups excluding carboxylic acids is 1. The van der Waals surface area contributed by atoms with Gasteiger partial charge in [0.1, 0.15) is 11.3 Å².